The fourth-order valence-corrected chi connectivity index (χ4v) is 1.68. The number of nitrogens with zero attached hydrogens (tertiary/aromatic N) is 1. The number of nitrogens with one attached hydrogen (secondary N) is 1. The first-order chi connectivity index (χ1) is 7.26. The molecule has 0 bridgehead atoms. The van der Waals surface area contributed by atoms with Gasteiger partial charge < -0.3 is 14.3 Å². The van der Waals surface area contributed by atoms with Crippen molar-refractivity contribution in [2.45, 2.75) is 12.7 Å². The molecule has 0 saturated carbocycles. The molecular weight excluding hydrogens is 227 g/mol. The van der Waals surface area contributed by atoms with E-state index in [9.17, 15) is 9.36 Å². The fraction of sp³-hybridized carbons (Fsp3) is 0.700. The van der Waals surface area contributed by atoms with Crippen LogP contribution in [0.1, 0.15) is 6.92 Å². The van der Waals surface area contributed by atoms with E-state index < -0.39 is 13.8 Å². The van der Waals surface area contributed by atoms with Crippen LogP contribution in [0.15, 0.2) is 12.7 Å². The summed E-state index contributed by atoms with van der Waals surface area (Å²) in [6.07, 6.45) is 1.15. The van der Waals surface area contributed by atoms with Crippen molar-refractivity contribution < 1.29 is 18.4 Å². The third-order valence-electron chi connectivity index (χ3n) is 1.90. The highest BCUT2D eigenvalue weighted by molar-refractivity contribution is 7.39. The summed E-state index contributed by atoms with van der Waals surface area (Å²) in [5.41, 5.74) is 0. The van der Waals surface area contributed by atoms with Gasteiger partial charge in [0.25, 0.3) is 0 Å². The topological polar surface area (TPSA) is 55.4 Å². The Labute approximate surface area is 97.9 Å². The van der Waals surface area contributed by atoms with Crippen LogP contribution in [0, 0.1) is 0 Å². The van der Waals surface area contributed by atoms with Crippen molar-refractivity contribution in [3.05, 3.63) is 12.7 Å². The lowest BCUT2D eigenvalue weighted by Gasteiger charge is -2.23. The maximum absolute atomic E-state index is 11.6. The van der Waals surface area contributed by atoms with E-state index in [1.165, 1.54) is 0 Å². The zero-order valence-electron chi connectivity index (χ0n) is 10.4. The molecule has 0 aromatic carbocycles. The van der Waals surface area contributed by atoms with E-state index >= 15 is 0 Å². The highest BCUT2D eigenvalue weighted by atomic mass is 31.1. The van der Waals surface area contributed by atoms with Crippen LogP contribution in [0.5, 0.6) is 0 Å². The summed E-state index contributed by atoms with van der Waals surface area (Å²) in [7, 11) is 3.86. The van der Waals surface area contributed by atoms with Crippen LogP contribution in [-0.4, -0.2) is 50.5 Å². The van der Waals surface area contributed by atoms with Crippen LogP contribution in [0.2, 0.25) is 0 Å². The Balaban J connectivity index is 3.88. The second-order valence-corrected chi connectivity index (χ2v) is 6.41. The van der Waals surface area contributed by atoms with Gasteiger partial charge in [-0.05, 0) is 13.0 Å². The van der Waals surface area contributed by atoms with Crippen molar-refractivity contribution >= 4 is 13.9 Å². The summed E-state index contributed by atoms with van der Waals surface area (Å²) in [5.74, 6) is -0.788. The molecule has 2 atom stereocenters. The van der Waals surface area contributed by atoms with Crippen molar-refractivity contribution in [1.29, 1.82) is 0 Å². The van der Waals surface area contributed by atoms with E-state index in [4.69, 9.17) is 4.52 Å². The lowest BCUT2D eigenvalue weighted by molar-refractivity contribution is -0.870. The number of amides is 1. The monoisotopic (exact) mass is 249 g/mol. The van der Waals surface area contributed by atoms with E-state index in [1.807, 2.05) is 21.1 Å². The van der Waals surface area contributed by atoms with E-state index in [2.05, 4.69) is 11.9 Å². The van der Waals surface area contributed by atoms with E-state index in [0.29, 0.717) is 6.61 Å². The average Bonchev–Trinajstić information content (AvgIpc) is 2.15. The van der Waals surface area contributed by atoms with Crippen LogP contribution < -0.4 is 5.32 Å². The highest BCUT2D eigenvalue weighted by Gasteiger charge is 2.14. The molecule has 0 aromatic rings. The number of quaternary nitrogens is 1. The Morgan fingerprint density at radius 2 is 2.12 bits per heavy atom. The molecule has 1 amide bonds. The Morgan fingerprint density at radius 3 is 2.56 bits per heavy atom. The standard InChI is InChI=1S/C10H21N2O3P/c1-6-10(13)11-9(2)16(14)15-8-7-12(3,4)5/h6,9,16H,1,7-8H2,2-5H3/p+1. The van der Waals surface area contributed by atoms with Gasteiger partial charge in [-0.15, -0.1) is 0 Å². The van der Waals surface area contributed by atoms with Crippen LogP contribution >= 0.6 is 8.03 Å². The van der Waals surface area contributed by atoms with Gasteiger partial charge in [0.1, 0.15) is 18.9 Å². The molecular formula is C10H22N2O3P+. The molecule has 0 saturated heterocycles. The number of carbonyl (C=O) groups is 1. The van der Waals surface area contributed by atoms with E-state index in [0.717, 1.165) is 17.1 Å². The average molecular weight is 249 g/mol. The van der Waals surface area contributed by atoms with Crippen molar-refractivity contribution in [1.82, 2.24) is 5.32 Å². The van der Waals surface area contributed by atoms with Gasteiger partial charge in [-0.1, -0.05) is 6.58 Å². The third-order valence-corrected chi connectivity index (χ3v) is 3.24. The second-order valence-electron chi connectivity index (χ2n) is 4.62. The largest absolute Gasteiger partial charge is 0.341 e. The Bertz CT molecular complexity index is 274. The minimum atomic E-state index is -2.23. The van der Waals surface area contributed by atoms with Gasteiger partial charge in [0.05, 0.1) is 21.1 Å². The summed E-state index contributed by atoms with van der Waals surface area (Å²) >= 11 is 0. The van der Waals surface area contributed by atoms with Crippen molar-refractivity contribution in [3.8, 4) is 0 Å². The first-order valence-corrected chi connectivity index (χ1v) is 6.55. The first kappa shape index (κ1) is 15.4. The molecule has 2 unspecified atom stereocenters. The Morgan fingerprint density at radius 1 is 1.56 bits per heavy atom. The second kappa shape index (κ2) is 6.84. The SMILES string of the molecule is C=CC(=O)NC(C)[PH](=O)OCC[N+](C)(C)C. The normalized spacial score (nSPS) is 15.2. The zero-order valence-corrected chi connectivity index (χ0v) is 11.4. The number of carbonyl (C=O) groups excluding carboxylic acids is 1. The summed E-state index contributed by atoms with van der Waals surface area (Å²) < 4.78 is 17.5. The molecule has 0 aliphatic rings. The summed E-state index contributed by atoms with van der Waals surface area (Å²) in [4.78, 5) is 10.9. The van der Waals surface area contributed by atoms with Crippen LogP contribution in [-0.2, 0) is 13.9 Å². The van der Waals surface area contributed by atoms with Gasteiger partial charge >= 0.3 is 0 Å². The van der Waals surface area contributed by atoms with E-state index in [1.54, 1.807) is 6.92 Å². The Kier molecular flexibility index (Phi) is 6.56. The van der Waals surface area contributed by atoms with Gasteiger partial charge in [-0.2, -0.15) is 0 Å². The lowest BCUT2D eigenvalue weighted by atomic mass is 10.5. The van der Waals surface area contributed by atoms with Crippen LogP contribution in [0.4, 0.5) is 0 Å². The summed E-state index contributed by atoms with van der Waals surface area (Å²) in [6, 6.07) is 0. The minimum Gasteiger partial charge on any atom is -0.341 e. The molecule has 0 fully saturated rings. The lowest BCUT2D eigenvalue weighted by Crippen LogP contribution is -2.37. The quantitative estimate of drug-likeness (QED) is 0.413. The van der Waals surface area contributed by atoms with Gasteiger partial charge in [-0.3, -0.25) is 9.36 Å². The molecule has 0 aliphatic carbocycles. The molecule has 0 radical (unpaired) electrons. The fourth-order valence-electron chi connectivity index (χ4n) is 0.876. The highest BCUT2D eigenvalue weighted by Crippen LogP contribution is 2.27. The van der Waals surface area contributed by atoms with Crippen molar-refractivity contribution in [2.24, 2.45) is 0 Å². The van der Waals surface area contributed by atoms with Gasteiger partial charge in [0.15, 0.2) is 0 Å². The first-order valence-electron chi connectivity index (χ1n) is 5.16. The number of hydrogen-bond acceptors (Lipinski definition) is 3. The number of rotatable bonds is 7. The third kappa shape index (κ3) is 7.63. The smallest absolute Gasteiger partial charge is 0.244 e. The molecule has 5 nitrogen and oxygen atoms in total. The molecule has 0 aromatic heterocycles. The molecule has 94 valence electrons. The number of hydrogen-bond donors (Lipinski definition) is 1. The minimum absolute atomic E-state index is 0.332. The molecule has 0 rings (SSSR count). The molecule has 0 spiro atoms. The molecule has 0 heterocycles. The zero-order chi connectivity index (χ0) is 12.8. The van der Waals surface area contributed by atoms with Crippen LogP contribution in [0.25, 0.3) is 0 Å². The van der Waals surface area contributed by atoms with Crippen molar-refractivity contribution in [3.63, 3.8) is 0 Å². The number of likely N-dealkylation sites (N-methyl/N-ethyl adjacent to an activating group) is 1. The summed E-state index contributed by atoms with van der Waals surface area (Å²) in [5, 5.41) is 2.52. The van der Waals surface area contributed by atoms with Gasteiger partial charge in [-0.25, -0.2) is 0 Å². The summed E-state index contributed by atoms with van der Waals surface area (Å²) in [6.45, 7) is 6.19. The molecule has 16 heavy (non-hydrogen) atoms. The predicted molar refractivity (Wildman–Crippen MR) is 65.7 cm³/mol. The van der Waals surface area contributed by atoms with Crippen LogP contribution in [0.3, 0.4) is 0 Å². The Hall–Kier alpha value is -0.640. The molecule has 6 heteroatoms. The molecule has 1 N–H and O–H groups in total. The van der Waals surface area contributed by atoms with Crippen molar-refractivity contribution in [2.75, 3.05) is 34.3 Å². The van der Waals surface area contributed by atoms with E-state index in [-0.39, 0.29) is 5.91 Å². The molecule has 0 aliphatic heterocycles. The maximum atomic E-state index is 11.6. The van der Waals surface area contributed by atoms with Gasteiger partial charge in [0.2, 0.25) is 13.9 Å². The van der Waals surface area contributed by atoms with Gasteiger partial charge in [0, 0.05) is 0 Å². The predicted octanol–water partition coefficient (Wildman–Crippen LogP) is 0.832. The maximum Gasteiger partial charge on any atom is 0.244 e.